The van der Waals surface area contributed by atoms with E-state index in [0.717, 1.165) is 29.2 Å². The number of benzene rings is 1. The van der Waals surface area contributed by atoms with Crippen LogP contribution in [0.2, 0.25) is 0 Å². The molecule has 0 atom stereocenters. The molecule has 0 bridgehead atoms. The highest BCUT2D eigenvalue weighted by molar-refractivity contribution is 5.88. The van der Waals surface area contributed by atoms with Crippen molar-refractivity contribution in [3.05, 3.63) is 47.5 Å². The molecule has 140 valence electrons. The van der Waals surface area contributed by atoms with Gasteiger partial charge in [-0.2, -0.15) is 0 Å². The van der Waals surface area contributed by atoms with Crippen molar-refractivity contribution in [2.75, 3.05) is 18.8 Å². The summed E-state index contributed by atoms with van der Waals surface area (Å²) in [6.07, 6.45) is 2.76. The van der Waals surface area contributed by atoms with Gasteiger partial charge in [-0.05, 0) is 29.2 Å². The first-order chi connectivity index (χ1) is 12.9. The number of β-amino-alcohol motifs (C(OH)–C–C–N with tert-alkyl or cyclic N) is 1. The molecule has 1 fully saturated rings. The molecule has 0 radical (unpaired) electrons. The highest BCUT2D eigenvalue weighted by Crippen LogP contribution is 2.32. The molecule has 6 nitrogen and oxygen atoms in total. The van der Waals surface area contributed by atoms with E-state index < -0.39 is 5.82 Å². The van der Waals surface area contributed by atoms with E-state index in [-0.39, 0.29) is 23.7 Å². The quantitative estimate of drug-likeness (QED) is 0.737. The monoisotopic (exact) mass is 367 g/mol. The molecule has 7 heteroatoms. The number of hydrogen-bond acceptors (Lipinski definition) is 6. The number of halogens is 1. The molecule has 0 saturated carbocycles. The number of anilines is 1. The van der Waals surface area contributed by atoms with E-state index in [1.807, 2.05) is 18.3 Å². The number of nitrogen functional groups attached to an aromatic ring is 1. The summed E-state index contributed by atoms with van der Waals surface area (Å²) in [6, 6.07) is 5.61. The summed E-state index contributed by atoms with van der Waals surface area (Å²) in [4.78, 5) is 14.5. The maximum atomic E-state index is 14.2. The van der Waals surface area contributed by atoms with E-state index in [4.69, 9.17) is 5.73 Å². The van der Waals surface area contributed by atoms with Gasteiger partial charge in [0.05, 0.1) is 17.8 Å². The van der Waals surface area contributed by atoms with Crippen LogP contribution in [0.15, 0.2) is 30.6 Å². The van der Waals surface area contributed by atoms with Crippen LogP contribution in [0, 0.1) is 5.82 Å². The molecular formula is C20H22FN5O. The molecule has 1 aliphatic heterocycles. The third kappa shape index (κ3) is 3.36. The summed E-state index contributed by atoms with van der Waals surface area (Å²) in [6.45, 7) is 6.38. The minimum absolute atomic E-state index is 0.0406. The van der Waals surface area contributed by atoms with E-state index in [1.165, 1.54) is 5.56 Å². The van der Waals surface area contributed by atoms with E-state index >= 15 is 0 Å². The summed E-state index contributed by atoms with van der Waals surface area (Å²) in [5.41, 5.74) is 9.65. The first kappa shape index (κ1) is 17.8. The van der Waals surface area contributed by atoms with Crippen LogP contribution in [-0.2, 0) is 6.54 Å². The molecule has 27 heavy (non-hydrogen) atoms. The number of nitrogens with two attached hydrogens (primary N) is 1. The topological polar surface area (TPSA) is 88.2 Å². The maximum Gasteiger partial charge on any atom is 0.220 e. The standard InChI is InChI=1S/C20H22FN5O/c1-11(2)18-13(8-26-9-14(27)10-26)6-23-17-4-3-12(5-15(17)18)19-16(21)7-24-20(22)25-19/h3-7,11,14,27H,8-10H2,1-2H3,(H2,22,24,25). The Hall–Kier alpha value is -2.64. The summed E-state index contributed by atoms with van der Waals surface area (Å²) in [5.74, 6) is -0.195. The van der Waals surface area contributed by atoms with Crippen molar-refractivity contribution < 1.29 is 9.50 Å². The number of aliphatic hydroxyl groups excluding tert-OH is 1. The van der Waals surface area contributed by atoms with E-state index in [0.29, 0.717) is 18.7 Å². The highest BCUT2D eigenvalue weighted by Gasteiger charge is 2.25. The van der Waals surface area contributed by atoms with Gasteiger partial charge in [0.1, 0.15) is 5.69 Å². The predicted octanol–water partition coefficient (Wildman–Crippen LogP) is 2.71. The van der Waals surface area contributed by atoms with Crippen LogP contribution in [0.4, 0.5) is 10.3 Å². The highest BCUT2D eigenvalue weighted by atomic mass is 19.1. The van der Waals surface area contributed by atoms with Gasteiger partial charge >= 0.3 is 0 Å². The van der Waals surface area contributed by atoms with Crippen molar-refractivity contribution >= 4 is 16.9 Å². The zero-order valence-electron chi connectivity index (χ0n) is 15.4. The Morgan fingerprint density at radius 3 is 2.74 bits per heavy atom. The first-order valence-electron chi connectivity index (χ1n) is 9.02. The van der Waals surface area contributed by atoms with Crippen LogP contribution in [0.5, 0.6) is 0 Å². The third-order valence-electron chi connectivity index (χ3n) is 4.94. The lowest BCUT2D eigenvalue weighted by molar-refractivity contribution is -0.00305. The number of nitrogens with zero attached hydrogens (tertiary/aromatic N) is 4. The third-order valence-corrected chi connectivity index (χ3v) is 4.94. The number of aliphatic hydroxyl groups is 1. The number of rotatable bonds is 4. The van der Waals surface area contributed by atoms with Gasteiger partial charge in [-0.15, -0.1) is 0 Å². The SMILES string of the molecule is CC(C)c1c(CN2CC(O)C2)cnc2ccc(-c3nc(N)ncc3F)cc12. The van der Waals surface area contributed by atoms with E-state index in [2.05, 4.69) is 33.7 Å². The van der Waals surface area contributed by atoms with Crippen molar-refractivity contribution in [2.24, 2.45) is 0 Å². The van der Waals surface area contributed by atoms with Crippen LogP contribution in [-0.4, -0.2) is 44.2 Å². The average Bonchev–Trinajstić information content (AvgIpc) is 2.61. The lowest BCUT2D eigenvalue weighted by atomic mass is 9.92. The van der Waals surface area contributed by atoms with Crippen LogP contribution in [0.25, 0.3) is 22.2 Å². The molecule has 0 aliphatic carbocycles. The molecule has 0 amide bonds. The van der Waals surface area contributed by atoms with E-state index in [9.17, 15) is 9.50 Å². The lowest BCUT2D eigenvalue weighted by Crippen LogP contribution is -2.49. The molecule has 0 unspecified atom stereocenters. The fourth-order valence-corrected chi connectivity index (χ4v) is 3.71. The summed E-state index contributed by atoms with van der Waals surface area (Å²) >= 11 is 0. The van der Waals surface area contributed by atoms with Gasteiger partial charge in [0.15, 0.2) is 5.82 Å². The molecule has 0 spiro atoms. The first-order valence-corrected chi connectivity index (χ1v) is 9.02. The second kappa shape index (κ2) is 6.83. The van der Waals surface area contributed by atoms with Gasteiger partial charge < -0.3 is 10.8 Å². The zero-order valence-corrected chi connectivity index (χ0v) is 15.4. The summed E-state index contributed by atoms with van der Waals surface area (Å²) < 4.78 is 14.2. The van der Waals surface area contributed by atoms with Gasteiger partial charge in [-0.1, -0.05) is 19.9 Å². The molecule has 1 aromatic carbocycles. The number of likely N-dealkylation sites (tertiary alicyclic amines) is 1. The number of hydrogen-bond donors (Lipinski definition) is 2. The van der Waals surface area contributed by atoms with E-state index in [1.54, 1.807) is 6.07 Å². The summed E-state index contributed by atoms with van der Waals surface area (Å²) in [7, 11) is 0. The van der Waals surface area contributed by atoms with Crippen molar-refractivity contribution in [3.63, 3.8) is 0 Å². The molecule has 1 aliphatic rings. The van der Waals surface area contributed by atoms with Gasteiger partial charge in [0.2, 0.25) is 5.95 Å². The van der Waals surface area contributed by atoms with Crippen LogP contribution < -0.4 is 5.73 Å². The van der Waals surface area contributed by atoms with Crippen molar-refractivity contribution in [2.45, 2.75) is 32.4 Å². The van der Waals surface area contributed by atoms with Gasteiger partial charge in [-0.25, -0.2) is 14.4 Å². The molecule has 2 aromatic heterocycles. The minimum Gasteiger partial charge on any atom is -0.390 e. The van der Waals surface area contributed by atoms with Gasteiger partial charge in [0.25, 0.3) is 0 Å². The Kier molecular flexibility index (Phi) is 4.49. The van der Waals surface area contributed by atoms with Gasteiger partial charge in [-0.3, -0.25) is 9.88 Å². The molecule has 3 heterocycles. The van der Waals surface area contributed by atoms with Crippen LogP contribution >= 0.6 is 0 Å². The normalized spacial score (nSPS) is 15.4. The Morgan fingerprint density at radius 1 is 1.26 bits per heavy atom. The smallest absolute Gasteiger partial charge is 0.220 e. The Balaban J connectivity index is 1.83. The predicted molar refractivity (Wildman–Crippen MR) is 103 cm³/mol. The second-order valence-corrected chi connectivity index (χ2v) is 7.36. The lowest BCUT2D eigenvalue weighted by Gasteiger charge is -2.36. The minimum atomic E-state index is -0.506. The number of pyridine rings is 1. The Labute approximate surface area is 156 Å². The molecular weight excluding hydrogens is 345 g/mol. The molecule has 4 rings (SSSR count). The molecule has 3 N–H and O–H groups in total. The largest absolute Gasteiger partial charge is 0.390 e. The second-order valence-electron chi connectivity index (χ2n) is 7.36. The number of fused-ring (bicyclic) bond motifs is 1. The van der Waals surface area contributed by atoms with Crippen molar-refractivity contribution in [1.29, 1.82) is 0 Å². The molecule has 3 aromatic rings. The maximum absolute atomic E-state index is 14.2. The van der Waals surface area contributed by atoms with Crippen LogP contribution in [0.1, 0.15) is 30.9 Å². The van der Waals surface area contributed by atoms with Crippen molar-refractivity contribution in [3.8, 4) is 11.3 Å². The Bertz CT molecular complexity index is 1000. The molecule has 1 saturated heterocycles. The zero-order chi connectivity index (χ0) is 19.1. The van der Waals surface area contributed by atoms with Crippen molar-refractivity contribution in [1.82, 2.24) is 19.9 Å². The summed E-state index contributed by atoms with van der Waals surface area (Å²) in [5, 5.41) is 10.5. The van der Waals surface area contributed by atoms with Gasteiger partial charge in [0, 0.05) is 36.8 Å². The fraction of sp³-hybridized carbons (Fsp3) is 0.350. The number of aromatic nitrogens is 3. The average molecular weight is 367 g/mol. The Morgan fingerprint density at radius 2 is 2.04 bits per heavy atom. The fourth-order valence-electron chi connectivity index (χ4n) is 3.71. The van der Waals surface area contributed by atoms with Crippen LogP contribution in [0.3, 0.4) is 0 Å².